The van der Waals surface area contributed by atoms with Crippen LogP contribution < -0.4 is 4.74 Å². The number of hydrogen-bond donors (Lipinski definition) is 1. The van der Waals surface area contributed by atoms with Crippen LogP contribution in [0, 0.1) is 4.77 Å². The van der Waals surface area contributed by atoms with Crippen LogP contribution in [0.3, 0.4) is 0 Å². The van der Waals surface area contributed by atoms with Crippen molar-refractivity contribution in [3.63, 3.8) is 0 Å². The first-order valence-electron chi connectivity index (χ1n) is 6.32. The first-order valence-corrected chi connectivity index (χ1v) is 6.73. The van der Waals surface area contributed by atoms with Crippen molar-refractivity contribution < 1.29 is 9.47 Å². The number of hydrogen-bond acceptors (Lipinski definition) is 6. The zero-order valence-electron chi connectivity index (χ0n) is 11.9. The quantitative estimate of drug-likeness (QED) is 0.771. The second-order valence-electron chi connectivity index (χ2n) is 4.46. The topological polar surface area (TPSA) is 68.2 Å². The van der Waals surface area contributed by atoms with Crippen molar-refractivity contribution in [3.05, 3.63) is 11.1 Å². The van der Waals surface area contributed by atoms with E-state index in [4.69, 9.17) is 21.7 Å². The van der Waals surface area contributed by atoms with Crippen LogP contribution in [-0.2, 0) is 11.3 Å². The Hall–Kier alpha value is -1.51. The molecule has 2 rings (SSSR count). The molecule has 2 aromatic rings. The van der Waals surface area contributed by atoms with Gasteiger partial charge in [0.05, 0.1) is 13.7 Å². The SMILES string of the molecule is COCCN(C)CCn1c(=S)[nH]c2c(OC)ncnc21. The lowest BCUT2D eigenvalue weighted by Crippen LogP contribution is -2.26. The van der Waals surface area contributed by atoms with Gasteiger partial charge in [-0.3, -0.25) is 0 Å². The molecule has 0 atom stereocenters. The second-order valence-corrected chi connectivity index (χ2v) is 4.85. The molecule has 0 aromatic carbocycles. The van der Waals surface area contributed by atoms with Crippen molar-refractivity contribution in [2.24, 2.45) is 0 Å². The molecule has 7 nitrogen and oxygen atoms in total. The van der Waals surface area contributed by atoms with Gasteiger partial charge in [0.2, 0.25) is 5.88 Å². The fourth-order valence-electron chi connectivity index (χ4n) is 1.94. The van der Waals surface area contributed by atoms with Gasteiger partial charge in [-0.1, -0.05) is 0 Å². The van der Waals surface area contributed by atoms with Gasteiger partial charge in [0, 0.05) is 26.7 Å². The largest absolute Gasteiger partial charge is 0.479 e. The molecule has 0 saturated heterocycles. The van der Waals surface area contributed by atoms with E-state index in [2.05, 4.69) is 19.9 Å². The minimum Gasteiger partial charge on any atom is -0.479 e. The Labute approximate surface area is 122 Å². The Morgan fingerprint density at radius 2 is 2.15 bits per heavy atom. The number of methoxy groups -OCH3 is 2. The predicted octanol–water partition coefficient (Wildman–Crippen LogP) is 1.08. The minimum atomic E-state index is 0.507. The van der Waals surface area contributed by atoms with Crippen LogP contribution in [0.15, 0.2) is 6.33 Å². The Morgan fingerprint density at radius 3 is 2.85 bits per heavy atom. The fraction of sp³-hybridized carbons (Fsp3) is 0.583. The lowest BCUT2D eigenvalue weighted by atomic mass is 10.5. The van der Waals surface area contributed by atoms with E-state index < -0.39 is 0 Å². The molecule has 1 N–H and O–H groups in total. The number of nitrogens with one attached hydrogen (secondary N) is 1. The number of H-pyrrole nitrogens is 1. The summed E-state index contributed by atoms with van der Waals surface area (Å²) in [6.07, 6.45) is 1.48. The van der Waals surface area contributed by atoms with Crippen LogP contribution in [-0.4, -0.2) is 65.4 Å². The minimum absolute atomic E-state index is 0.507. The van der Waals surface area contributed by atoms with Crippen LogP contribution in [0.25, 0.3) is 11.2 Å². The molecule has 2 aromatic heterocycles. The maximum Gasteiger partial charge on any atom is 0.242 e. The van der Waals surface area contributed by atoms with E-state index in [-0.39, 0.29) is 0 Å². The van der Waals surface area contributed by atoms with Gasteiger partial charge in [-0.25, -0.2) is 4.98 Å². The van der Waals surface area contributed by atoms with Gasteiger partial charge in [0.15, 0.2) is 10.4 Å². The maximum atomic E-state index is 5.34. The summed E-state index contributed by atoms with van der Waals surface area (Å²) in [6, 6.07) is 0. The zero-order valence-corrected chi connectivity index (χ0v) is 12.7. The molecule has 0 spiro atoms. The summed E-state index contributed by atoms with van der Waals surface area (Å²) in [5.41, 5.74) is 1.50. The molecular weight excluding hydrogens is 278 g/mol. The van der Waals surface area contributed by atoms with Crippen LogP contribution in [0.5, 0.6) is 5.88 Å². The molecule has 8 heteroatoms. The Morgan fingerprint density at radius 1 is 1.35 bits per heavy atom. The first-order chi connectivity index (χ1) is 9.67. The maximum absolute atomic E-state index is 5.34. The highest BCUT2D eigenvalue weighted by Crippen LogP contribution is 2.19. The van der Waals surface area contributed by atoms with E-state index in [0.717, 1.165) is 30.8 Å². The number of imidazole rings is 1. The Balaban J connectivity index is 2.18. The number of aromatic amines is 1. The summed E-state index contributed by atoms with van der Waals surface area (Å²) >= 11 is 5.34. The number of likely N-dealkylation sites (N-methyl/N-ethyl adjacent to an activating group) is 1. The van der Waals surface area contributed by atoms with Crippen molar-refractivity contribution in [2.75, 3.05) is 41.0 Å². The molecule has 0 saturated carbocycles. The van der Waals surface area contributed by atoms with Crippen molar-refractivity contribution >= 4 is 23.4 Å². The van der Waals surface area contributed by atoms with Crippen molar-refractivity contribution in [2.45, 2.75) is 6.54 Å². The molecular formula is C12H19N5O2S. The average Bonchev–Trinajstić information content (AvgIpc) is 2.78. The predicted molar refractivity (Wildman–Crippen MR) is 78.6 cm³/mol. The number of aromatic nitrogens is 4. The highest BCUT2D eigenvalue weighted by atomic mass is 32.1. The summed E-state index contributed by atoms with van der Waals surface area (Å²) in [6.45, 7) is 3.20. The third-order valence-electron chi connectivity index (χ3n) is 3.10. The normalized spacial score (nSPS) is 11.4. The van der Waals surface area contributed by atoms with Crippen LogP contribution in [0.1, 0.15) is 0 Å². The molecule has 0 radical (unpaired) electrons. The van der Waals surface area contributed by atoms with Gasteiger partial charge in [-0.15, -0.1) is 0 Å². The third-order valence-corrected chi connectivity index (χ3v) is 3.42. The number of rotatable bonds is 7. The third kappa shape index (κ3) is 3.14. The van der Waals surface area contributed by atoms with E-state index in [1.54, 1.807) is 14.2 Å². The van der Waals surface area contributed by atoms with Gasteiger partial charge in [-0.2, -0.15) is 4.98 Å². The monoisotopic (exact) mass is 297 g/mol. The highest BCUT2D eigenvalue weighted by molar-refractivity contribution is 7.71. The van der Waals surface area contributed by atoms with Gasteiger partial charge in [0.1, 0.15) is 11.8 Å². The van der Waals surface area contributed by atoms with Crippen molar-refractivity contribution in [3.8, 4) is 5.88 Å². The van der Waals surface area contributed by atoms with Gasteiger partial charge in [0.25, 0.3) is 0 Å². The van der Waals surface area contributed by atoms with E-state index in [1.807, 2.05) is 11.6 Å². The van der Waals surface area contributed by atoms with E-state index in [9.17, 15) is 0 Å². The fourth-order valence-corrected chi connectivity index (χ4v) is 2.22. The number of ether oxygens (including phenoxy) is 2. The Bertz CT molecular complexity index is 624. The average molecular weight is 297 g/mol. The summed E-state index contributed by atoms with van der Waals surface area (Å²) in [5.74, 6) is 0.507. The molecule has 0 amide bonds. The van der Waals surface area contributed by atoms with Crippen molar-refractivity contribution in [1.82, 2.24) is 24.4 Å². The Kier molecular flexibility index (Phi) is 5.05. The molecule has 110 valence electrons. The van der Waals surface area contributed by atoms with E-state index in [1.165, 1.54) is 6.33 Å². The van der Waals surface area contributed by atoms with Gasteiger partial charge >= 0.3 is 0 Å². The molecule has 20 heavy (non-hydrogen) atoms. The first kappa shape index (κ1) is 14.9. The molecule has 0 aliphatic rings. The van der Waals surface area contributed by atoms with E-state index in [0.29, 0.717) is 17.3 Å². The zero-order chi connectivity index (χ0) is 14.5. The standard InChI is InChI=1S/C12H19N5O2S/c1-16(6-7-18-2)4-5-17-10-9(15-12(17)20)11(19-3)14-8-13-10/h8H,4-7H2,1-3H3,(H,15,20). The lowest BCUT2D eigenvalue weighted by Gasteiger charge is -2.16. The van der Waals surface area contributed by atoms with Gasteiger partial charge < -0.3 is 23.9 Å². The van der Waals surface area contributed by atoms with Crippen molar-refractivity contribution in [1.29, 1.82) is 0 Å². The van der Waals surface area contributed by atoms with Crippen LogP contribution in [0.2, 0.25) is 0 Å². The molecule has 2 heterocycles. The summed E-state index contributed by atoms with van der Waals surface area (Å²) in [4.78, 5) is 13.6. The molecule has 0 aliphatic carbocycles. The summed E-state index contributed by atoms with van der Waals surface area (Å²) in [5, 5.41) is 0. The van der Waals surface area contributed by atoms with Gasteiger partial charge in [-0.05, 0) is 19.3 Å². The number of fused-ring (bicyclic) bond motifs is 1. The van der Waals surface area contributed by atoms with Crippen LogP contribution in [0.4, 0.5) is 0 Å². The summed E-state index contributed by atoms with van der Waals surface area (Å²) < 4.78 is 12.8. The smallest absolute Gasteiger partial charge is 0.242 e. The molecule has 0 bridgehead atoms. The highest BCUT2D eigenvalue weighted by Gasteiger charge is 2.11. The second kappa shape index (κ2) is 6.78. The summed E-state index contributed by atoms with van der Waals surface area (Å²) in [7, 11) is 5.33. The van der Waals surface area contributed by atoms with Crippen LogP contribution >= 0.6 is 12.2 Å². The lowest BCUT2D eigenvalue weighted by molar-refractivity contribution is 0.159. The molecule has 0 fully saturated rings. The molecule has 0 aliphatic heterocycles. The molecule has 0 unspecified atom stereocenters. The number of nitrogens with zero attached hydrogens (tertiary/aromatic N) is 4. The van der Waals surface area contributed by atoms with E-state index >= 15 is 0 Å².